The Morgan fingerprint density at radius 3 is 2.26 bits per heavy atom. The summed E-state index contributed by atoms with van der Waals surface area (Å²) in [4.78, 5) is 35.8. The van der Waals surface area contributed by atoms with Gasteiger partial charge in [-0.05, 0) is 18.6 Å². The summed E-state index contributed by atoms with van der Waals surface area (Å²) < 4.78 is 5.14. The van der Waals surface area contributed by atoms with Gasteiger partial charge in [-0.15, -0.1) is 12.4 Å². The van der Waals surface area contributed by atoms with Crippen LogP contribution in [0.4, 0.5) is 0 Å². The van der Waals surface area contributed by atoms with Crippen molar-refractivity contribution in [3.8, 4) is 0 Å². The van der Waals surface area contributed by atoms with Crippen LogP contribution >= 0.6 is 12.4 Å². The Kier molecular flexibility index (Phi) is 5.70. The molecule has 0 aromatic carbocycles. The third kappa shape index (κ3) is 3.87. The molecule has 7 nitrogen and oxygen atoms in total. The quantitative estimate of drug-likeness (QED) is 0.830. The molecule has 0 N–H and O–H groups in total. The molecule has 0 unspecified atom stereocenters. The van der Waals surface area contributed by atoms with E-state index >= 15 is 0 Å². The number of nitrogens with zero attached hydrogens (tertiary/aromatic N) is 4. The molecule has 0 aliphatic carbocycles. The van der Waals surface area contributed by atoms with E-state index in [1.54, 1.807) is 21.9 Å². The molecule has 0 radical (unpaired) electrons. The van der Waals surface area contributed by atoms with E-state index in [0.29, 0.717) is 37.5 Å². The van der Waals surface area contributed by atoms with E-state index in [1.807, 2.05) is 0 Å². The summed E-state index contributed by atoms with van der Waals surface area (Å²) in [5.41, 5.74) is 0.466. The molecule has 2 aromatic rings. The standard InChI is InChI=1S/C15H16N4O3.ClH/c20-14(12-9-16-11-17-10-12)18-4-2-5-19(7-6-18)15(21)13-3-1-8-22-13;/h1,3,8-11H,2,4-7H2;1H. The minimum absolute atomic E-state index is 0. The molecule has 1 aliphatic rings. The van der Waals surface area contributed by atoms with Crippen molar-refractivity contribution in [3.63, 3.8) is 0 Å². The van der Waals surface area contributed by atoms with Gasteiger partial charge in [0.15, 0.2) is 5.76 Å². The van der Waals surface area contributed by atoms with Crippen molar-refractivity contribution < 1.29 is 14.0 Å². The summed E-state index contributed by atoms with van der Waals surface area (Å²) in [7, 11) is 0. The Bertz CT molecular complexity index is 648. The van der Waals surface area contributed by atoms with E-state index in [9.17, 15) is 9.59 Å². The number of furan rings is 1. The number of aromatic nitrogens is 2. The van der Waals surface area contributed by atoms with E-state index in [1.165, 1.54) is 25.0 Å². The zero-order chi connectivity index (χ0) is 15.4. The predicted octanol–water partition coefficient (Wildman–Crippen LogP) is 1.48. The van der Waals surface area contributed by atoms with Gasteiger partial charge in [0, 0.05) is 38.6 Å². The maximum atomic E-state index is 12.4. The van der Waals surface area contributed by atoms with Gasteiger partial charge < -0.3 is 14.2 Å². The van der Waals surface area contributed by atoms with E-state index < -0.39 is 0 Å². The van der Waals surface area contributed by atoms with Crippen molar-refractivity contribution in [1.82, 2.24) is 19.8 Å². The Morgan fingerprint density at radius 1 is 1.00 bits per heavy atom. The largest absolute Gasteiger partial charge is 0.459 e. The maximum absolute atomic E-state index is 12.4. The van der Waals surface area contributed by atoms with Crippen molar-refractivity contribution in [2.75, 3.05) is 26.2 Å². The first-order chi connectivity index (χ1) is 10.8. The average Bonchev–Trinajstić information content (AvgIpc) is 2.99. The highest BCUT2D eigenvalue weighted by atomic mass is 35.5. The second-order valence-electron chi connectivity index (χ2n) is 5.04. The first-order valence-electron chi connectivity index (χ1n) is 7.13. The third-order valence-corrected chi connectivity index (χ3v) is 3.61. The Hall–Kier alpha value is -2.41. The van der Waals surface area contributed by atoms with Crippen molar-refractivity contribution in [3.05, 3.63) is 48.4 Å². The van der Waals surface area contributed by atoms with Gasteiger partial charge in [0.05, 0.1) is 11.8 Å². The zero-order valence-electron chi connectivity index (χ0n) is 12.4. The lowest BCUT2D eigenvalue weighted by Gasteiger charge is -2.21. The number of carbonyl (C=O) groups is 2. The summed E-state index contributed by atoms with van der Waals surface area (Å²) in [6.45, 7) is 2.18. The molecule has 1 aliphatic heterocycles. The van der Waals surface area contributed by atoms with E-state index in [-0.39, 0.29) is 24.2 Å². The molecule has 0 bridgehead atoms. The molecule has 23 heavy (non-hydrogen) atoms. The second-order valence-corrected chi connectivity index (χ2v) is 5.04. The molecule has 1 saturated heterocycles. The molecular formula is C15H17ClN4O3. The number of rotatable bonds is 2. The second kappa shape index (κ2) is 7.73. The van der Waals surface area contributed by atoms with Gasteiger partial charge in [0.1, 0.15) is 6.33 Å². The monoisotopic (exact) mass is 336 g/mol. The fourth-order valence-corrected chi connectivity index (χ4v) is 2.47. The van der Waals surface area contributed by atoms with Crippen molar-refractivity contribution in [2.45, 2.75) is 6.42 Å². The van der Waals surface area contributed by atoms with Crippen molar-refractivity contribution in [1.29, 1.82) is 0 Å². The van der Waals surface area contributed by atoms with Gasteiger partial charge in [-0.25, -0.2) is 9.97 Å². The van der Waals surface area contributed by atoms with Crippen LogP contribution in [-0.2, 0) is 0 Å². The molecule has 122 valence electrons. The summed E-state index contributed by atoms with van der Waals surface area (Å²) in [6.07, 6.45) is 6.61. The van der Waals surface area contributed by atoms with Gasteiger partial charge in [0.2, 0.25) is 0 Å². The van der Waals surface area contributed by atoms with Gasteiger partial charge in [-0.2, -0.15) is 0 Å². The van der Waals surface area contributed by atoms with Crippen LogP contribution in [0.1, 0.15) is 27.3 Å². The van der Waals surface area contributed by atoms with Crippen LogP contribution in [0.5, 0.6) is 0 Å². The fourth-order valence-electron chi connectivity index (χ4n) is 2.47. The molecule has 0 spiro atoms. The van der Waals surface area contributed by atoms with Crippen LogP contribution in [0.25, 0.3) is 0 Å². The maximum Gasteiger partial charge on any atom is 0.289 e. The average molecular weight is 337 g/mol. The molecule has 8 heteroatoms. The number of amides is 2. The highest BCUT2D eigenvalue weighted by Crippen LogP contribution is 2.11. The SMILES string of the molecule is Cl.O=C(c1cncnc1)N1CCCN(C(=O)c2ccco2)CC1. The van der Waals surface area contributed by atoms with Crippen LogP contribution < -0.4 is 0 Å². The zero-order valence-corrected chi connectivity index (χ0v) is 13.2. The summed E-state index contributed by atoms with van der Waals surface area (Å²) >= 11 is 0. The molecule has 2 amide bonds. The van der Waals surface area contributed by atoms with Crippen molar-refractivity contribution in [2.24, 2.45) is 0 Å². The van der Waals surface area contributed by atoms with Crippen LogP contribution in [0.2, 0.25) is 0 Å². The minimum Gasteiger partial charge on any atom is -0.459 e. The van der Waals surface area contributed by atoms with Gasteiger partial charge >= 0.3 is 0 Å². The molecule has 3 rings (SSSR count). The van der Waals surface area contributed by atoms with Gasteiger partial charge in [0.25, 0.3) is 11.8 Å². The van der Waals surface area contributed by atoms with Gasteiger partial charge in [-0.1, -0.05) is 0 Å². The van der Waals surface area contributed by atoms with E-state index in [0.717, 1.165) is 6.42 Å². The number of hydrogen-bond donors (Lipinski definition) is 0. The minimum atomic E-state index is -0.137. The topological polar surface area (TPSA) is 79.5 Å². The molecule has 0 saturated carbocycles. The van der Waals surface area contributed by atoms with Crippen LogP contribution in [0.3, 0.4) is 0 Å². The smallest absolute Gasteiger partial charge is 0.289 e. The van der Waals surface area contributed by atoms with Crippen LogP contribution in [0, 0.1) is 0 Å². The Balaban J connectivity index is 0.00000192. The molecule has 2 aromatic heterocycles. The third-order valence-electron chi connectivity index (χ3n) is 3.61. The first-order valence-corrected chi connectivity index (χ1v) is 7.13. The normalized spacial score (nSPS) is 14.8. The highest BCUT2D eigenvalue weighted by Gasteiger charge is 2.24. The molecule has 1 fully saturated rings. The summed E-state index contributed by atoms with van der Waals surface area (Å²) in [5, 5.41) is 0. The lowest BCUT2D eigenvalue weighted by Crippen LogP contribution is -2.37. The fraction of sp³-hybridized carbons (Fsp3) is 0.333. The van der Waals surface area contributed by atoms with Gasteiger partial charge in [-0.3, -0.25) is 9.59 Å². The highest BCUT2D eigenvalue weighted by molar-refractivity contribution is 5.94. The first kappa shape index (κ1) is 17.0. The lowest BCUT2D eigenvalue weighted by molar-refractivity contribution is 0.0700. The molecular weight excluding hydrogens is 320 g/mol. The molecule has 0 atom stereocenters. The van der Waals surface area contributed by atoms with Crippen LogP contribution in [0.15, 0.2) is 41.5 Å². The van der Waals surface area contributed by atoms with Crippen molar-refractivity contribution >= 4 is 24.2 Å². The summed E-state index contributed by atoms with van der Waals surface area (Å²) in [6, 6.07) is 3.34. The summed E-state index contributed by atoms with van der Waals surface area (Å²) in [5.74, 6) is 0.0893. The Labute approximate surface area is 139 Å². The van der Waals surface area contributed by atoms with Crippen LogP contribution in [-0.4, -0.2) is 57.8 Å². The lowest BCUT2D eigenvalue weighted by atomic mass is 10.3. The number of halogens is 1. The Morgan fingerprint density at radius 2 is 1.65 bits per heavy atom. The van der Waals surface area contributed by atoms with E-state index in [4.69, 9.17) is 4.42 Å². The molecule has 3 heterocycles. The number of carbonyl (C=O) groups excluding carboxylic acids is 2. The predicted molar refractivity (Wildman–Crippen MR) is 84.4 cm³/mol. The number of hydrogen-bond acceptors (Lipinski definition) is 5. The van der Waals surface area contributed by atoms with E-state index in [2.05, 4.69) is 9.97 Å².